The number of rotatable bonds is 2. The standard InChI is InChI=1S/C8H6O4.Na.S/c9-7(10)5-1-2-6(4-3-5)8(11)12;;/h1-4H,(H,9,10)(H,11,12);;/q;+1;+2. The van der Waals surface area contributed by atoms with Crippen LogP contribution in [0.1, 0.15) is 20.7 Å². The van der Waals surface area contributed by atoms with E-state index < -0.39 is 11.9 Å². The van der Waals surface area contributed by atoms with Gasteiger partial charge in [-0.25, -0.2) is 9.59 Å². The Morgan fingerprint density at radius 2 is 1.07 bits per heavy atom. The predicted octanol–water partition coefficient (Wildman–Crippen LogP) is -1.92. The topological polar surface area (TPSA) is 74.6 Å². The van der Waals surface area contributed by atoms with Gasteiger partial charge in [0.05, 0.1) is 11.1 Å². The Morgan fingerprint density at radius 1 is 0.857 bits per heavy atom. The van der Waals surface area contributed by atoms with Crippen molar-refractivity contribution in [3.05, 3.63) is 35.4 Å². The van der Waals surface area contributed by atoms with Gasteiger partial charge >= 0.3 is 55.0 Å². The zero-order valence-electron chi connectivity index (χ0n) is 7.43. The van der Waals surface area contributed by atoms with Crippen LogP contribution in [0.3, 0.4) is 0 Å². The molecule has 0 fully saturated rings. The average Bonchev–Trinajstić information content (AvgIpc) is 2.04. The molecule has 0 aliphatic heterocycles. The Labute approximate surface area is 110 Å². The fourth-order valence-electron chi connectivity index (χ4n) is 0.755. The summed E-state index contributed by atoms with van der Waals surface area (Å²) in [6.45, 7) is 0. The molecule has 4 radical (unpaired) electrons. The molecule has 0 aromatic heterocycles. The number of aromatic carboxylic acids is 2. The van der Waals surface area contributed by atoms with E-state index in [2.05, 4.69) is 0 Å². The first-order valence-electron chi connectivity index (χ1n) is 3.18. The number of carboxylic acids is 2. The summed E-state index contributed by atoms with van der Waals surface area (Å²) in [5.41, 5.74) is 0.167. The van der Waals surface area contributed by atoms with E-state index in [1.807, 2.05) is 0 Å². The summed E-state index contributed by atoms with van der Waals surface area (Å²) in [4.78, 5) is 20.7. The monoisotopic (exact) mass is 221 g/mol. The molecule has 0 saturated carbocycles. The van der Waals surface area contributed by atoms with Crippen LogP contribution in [0, 0.1) is 0 Å². The molecule has 0 heterocycles. The fourth-order valence-corrected chi connectivity index (χ4v) is 0.755. The van der Waals surface area contributed by atoms with Crippen molar-refractivity contribution >= 4 is 25.4 Å². The zero-order valence-corrected chi connectivity index (χ0v) is 10.2. The van der Waals surface area contributed by atoms with Crippen molar-refractivity contribution in [2.75, 3.05) is 0 Å². The second kappa shape index (κ2) is 6.89. The van der Waals surface area contributed by atoms with Crippen molar-refractivity contribution in [1.29, 1.82) is 0 Å². The molecule has 0 spiro atoms. The van der Waals surface area contributed by atoms with Crippen LogP contribution < -0.4 is 29.6 Å². The van der Waals surface area contributed by atoms with Gasteiger partial charge in [0.25, 0.3) is 0 Å². The summed E-state index contributed by atoms with van der Waals surface area (Å²) in [5.74, 6) is -2.13. The minimum atomic E-state index is -1.06. The number of carboxylic acid groups (broad SMARTS) is 2. The third-order valence-corrected chi connectivity index (χ3v) is 1.38. The van der Waals surface area contributed by atoms with Crippen molar-refractivity contribution in [3.8, 4) is 0 Å². The van der Waals surface area contributed by atoms with Crippen molar-refractivity contribution in [3.63, 3.8) is 0 Å². The second-order valence-electron chi connectivity index (χ2n) is 2.19. The van der Waals surface area contributed by atoms with E-state index in [0.717, 1.165) is 0 Å². The fraction of sp³-hybridized carbons (Fsp3) is 0. The normalized spacial score (nSPS) is 8.00. The van der Waals surface area contributed by atoms with E-state index in [1.54, 1.807) is 0 Å². The summed E-state index contributed by atoms with van der Waals surface area (Å²) >= 11 is 0. The van der Waals surface area contributed by atoms with Crippen molar-refractivity contribution < 1.29 is 49.4 Å². The third-order valence-electron chi connectivity index (χ3n) is 1.38. The summed E-state index contributed by atoms with van der Waals surface area (Å²) < 4.78 is 0. The molecular formula is C8H6NaO4S+3. The molecule has 2 N–H and O–H groups in total. The minimum absolute atomic E-state index is 0. The molecule has 0 saturated heterocycles. The Kier molecular flexibility index (Phi) is 7.85. The first-order chi connectivity index (χ1) is 5.61. The Balaban J connectivity index is 0. The number of hydrogen-bond acceptors (Lipinski definition) is 2. The van der Waals surface area contributed by atoms with Gasteiger partial charge in [0.2, 0.25) is 0 Å². The van der Waals surface area contributed by atoms with Gasteiger partial charge in [0.1, 0.15) is 0 Å². The van der Waals surface area contributed by atoms with Gasteiger partial charge in [0, 0.05) is 0 Å². The molecule has 0 aliphatic carbocycles. The van der Waals surface area contributed by atoms with E-state index in [4.69, 9.17) is 10.2 Å². The second-order valence-corrected chi connectivity index (χ2v) is 2.19. The van der Waals surface area contributed by atoms with Gasteiger partial charge in [-0.15, -0.1) is 0 Å². The summed E-state index contributed by atoms with van der Waals surface area (Å²) in [7, 11) is 0. The number of benzene rings is 1. The van der Waals surface area contributed by atoms with Gasteiger partial charge in [-0.05, 0) is 24.3 Å². The average molecular weight is 221 g/mol. The zero-order chi connectivity index (χ0) is 9.14. The molecule has 0 bridgehead atoms. The maximum Gasteiger partial charge on any atom is 2.00 e. The van der Waals surface area contributed by atoms with E-state index in [0.29, 0.717) is 0 Å². The largest absolute Gasteiger partial charge is 2.00 e. The molecular weight excluding hydrogens is 215 g/mol. The van der Waals surface area contributed by atoms with Crippen LogP contribution in [-0.4, -0.2) is 22.2 Å². The predicted molar refractivity (Wildman–Crippen MR) is 47.7 cm³/mol. The number of carbonyl (C=O) groups is 2. The molecule has 0 unspecified atom stereocenters. The van der Waals surface area contributed by atoms with Crippen LogP contribution in [0.5, 0.6) is 0 Å². The molecule has 0 amide bonds. The van der Waals surface area contributed by atoms with Crippen molar-refractivity contribution in [1.82, 2.24) is 0 Å². The minimum Gasteiger partial charge on any atom is -0.478 e. The van der Waals surface area contributed by atoms with Crippen LogP contribution in [-0.2, 0) is 13.5 Å². The van der Waals surface area contributed by atoms with E-state index in [1.165, 1.54) is 24.3 Å². The summed E-state index contributed by atoms with van der Waals surface area (Å²) in [6, 6.07) is 5.02. The van der Waals surface area contributed by atoms with Crippen LogP contribution in [0.25, 0.3) is 0 Å². The van der Waals surface area contributed by atoms with Crippen molar-refractivity contribution in [2.24, 2.45) is 0 Å². The van der Waals surface area contributed by atoms with Gasteiger partial charge in [0.15, 0.2) is 0 Å². The van der Waals surface area contributed by atoms with E-state index in [-0.39, 0.29) is 54.2 Å². The summed E-state index contributed by atoms with van der Waals surface area (Å²) in [6.07, 6.45) is 0. The smallest absolute Gasteiger partial charge is 0.478 e. The van der Waals surface area contributed by atoms with Crippen LogP contribution in [0.2, 0.25) is 0 Å². The molecule has 1 rings (SSSR count). The molecule has 0 aliphatic rings. The molecule has 1 aromatic rings. The number of hydrogen-bond donors (Lipinski definition) is 2. The maximum atomic E-state index is 10.3. The molecule has 14 heavy (non-hydrogen) atoms. The van der Waals surface area contributed by atoms with Crippen molar-refractivity contribution in [2.45, 2.75) is 0 Å². The van der Waals surface area contributed by atoms with Crippen LogP contribution in [0.15, 0.2) is 24.3 Å². The van der Waals surface area contributed by atoms with Gasteiger partial charge in [-0.3, -0.25) is 0 Å². The first-order valence-corrected chi connectivity index (χ1v) is 3.18. The quantitative estimate of drug-likeness (QED) is 0.571. The molecule has 4 nitrogen and oxygen atoms in total. The van der Waals surface area contributed by atoms with Gasteiger partial charge < -0.3 is 10.2 Å². The SMILES string of the molecule is O=C(O)c1ccc(C(=O)O)cc1.[Na+].[S+2]. The van der Waals surface area contributed by atoms with Crippen LogP contribution >= 0.6 is 0 Å². The molecule has 0 atom stereocenters. The molecule has 1 aromatic carbocycles. The maximum absolute atomic E-state index is 10.3. The van der Waals surface area contributed by atoms with E-state index in [9.17, 15) is 9.59 Å². The van der Waals surface area contributed by atoms with Crippen LogP contribution in [0.4, 0.5) is 0 Å². The third kappa shape index (κ3) is 4.15. The first kappa shape index (κ1) is 16.0. The Bertz CT molecular complexity index is 290. The Morgan fingerprint density at radius 3 is 1.21 bits per heavy atom. The van der Waals surface area contributed by atoms with Gasteiger partial charge in [-0.1, -0.05) is 0 Å². The van der Waals surface area contributed by atoms with E-state index >= 15 is 0 Å². The molecule has 66 valence electrons. The molecule has 6 heteroatoms. The Hall–Kier alpha value is -0.490. The summed E-state index contributed by atoms with van der Waals surface area (Å²) in [5, 5.41) is 16.9. The van der Waals surface area contributed by atoms with Gasteiger partial charge in [-0.2, -0.15) is 0 Å².